The Labute approximate surface area is 434 Å². The van der Waals surface area contributed by atoms with Crippen LogP contribution in [0.5, 0.6) is 0 Å². The van der Waals surface area contributed by atoms with Crippen molar-refractivity contribution in [2.75, 3.05) is 9.80 Å². The van der Waals surface area contributed by atoms with Crippen LogP contribution in [0.3, 0.4) is 0 Å². The van der Waals surface area contributed by atoms with E-state index in [2.05, 4.69) is 266 Å². The third-order valence-corrected chi connectivity index (χ3v) is 17.8. The van der Waals surface area contributed by atoms with Crippen LogP contribution in [0.2, 0.25) is 0 Å². The van der Waals surface area contributed by atoms with Crippen LogP contribution in [0.25, 0.3) is 76.8 Å². The van der Waals surface area contributed by atoms with Crippen LogP contribution < -0.4 is 9.80 Å². The lowest BCUT2D eigenvalue weighted by Crippen LogP contribution is -2.18. The summed E-state index contributed by atoms with van der Waals surface area (Å²) in [6, 6.07) is 90.6. The third-order valence-electron chi connectivity index (χ3n) is 15.6. The molecule has 73 heavy (non-hydrogen) atoms. The van der Waals surface area contributed by atoms with Crippen molar-refractivity contribution >= 4 is 90.0 Å². The van der Waals surface area contributed by atoms with Gasteiger partial charge in [0.15, 0.2) is 0 Å². The Hall–Kier alpha value is -8.28. The summed E-state index contributed by atoms with van der Waals surface area (Å²) in [6.07, 6.45) is 0. The van der Waals surface area contributed by atoms with Crippen molar-refractivity contribution in [2.45, 2.75) is 38.8 Å². The number of para-hydroxylation sites is 1. The van der Waals surface area contributed by atoms with E-state index in [1.54, 1.807) is 0 Å². The number of benzene rings is 12. The van der Waals surface area contributed by atoms with Gasteiger partial charge in [0.1, 0.15) is 0 Å². The summed E-state index contributed by atoms with van der Waals surface area (Å²) in [5.41, 5.74) is 19.7. The van der Waals surface area contributed by atoms with Crippen molar-refractivity contribution in [3.8, 4) is 44.5 Å². The highest BCUT2D eigenvalue weighted by Gasteiger charge is 2.37. The quantitative estimate of drug-likeness (QED) is 0.159. The second kappa shape index (κ2) is 16.4. The molecule has 2 heterocycles. The average molecular weight is 967 g/mol. The van der Waals surface area contributed by atoms with Crippen LogP contribution in [0.1, 0.15) is 25.0 Å². The SMILES string of the molecule is CC1(C)c2ccccc2-c2ccc(N3c4cc(-c5ccc6c(c5)Sc5ccccc5N6c5cccc(-c6ccc7ccc8c(-c9ccccc9)cccc8c7c6)c5)ccc4Sc4cc5ccccc5cc43)cc21. The van der Waals surface area contributed by atoms with Crippen molar-refractivity contribution in [1.29, 1.82) is 0 Å². The van der Waals surface area contributed by atoms with Gasteiger partial charge in [-0.3, -0.25) is 0 Å². The molecule has 0 aromatic heterocycles. The van der Waals surface area contributed by atoms with E-state index >= 15 is 0 Å². The lowest BCUT2D eigenvalue weighted by atomic mass is 9.82. The van der Waals surface area contributed by atoms with E-state index in [0.717, 1.165) is 5.69 Å². The molecule has 15 rings (SSSR count). The molecule has 0 radical (unpaired) electrons. The van der Waals surface area contributed by atoms with Gasteiger partial charge in [0, 0.05) is 36.4 Å². The Morgan fingerprint density at radius 3 is 1.79 bits per heavy atom. The number of rotatable bonds is 5. The number of nitrogens with zero attached hydrogens (tertiary/aromatic N) is 2. The van der Waals surface area contributed by atoms with Crippen molar-refractivity contribution in [3.05, 3.63) is 254 Å². The average Bonchev–Trinajstić information content (AvgIpc) is 3.67. The van der Waals surface area contributed by atoms with E-state index in [0.29, 0.717) is 0 Å². The molecule has 12 aromatic carbocycles. The maximum atomic E-state index is 2.52. The maximum Gasteiger partial charge on any atom is 0.0608 e. The van der Waals surface area contributed by atoms with E-state index in [4.69, 9.17) is 0 Å². The Morgan fingerprint density at radius 1 is 0.288 bits per heavy atom. The lowest BCUT2D eigenvalue weighted by Gasteiger charge is -2.35. The largest absolute Gasteiger partial charge is 0.308 e. The zero-order valence-corrected chi connectivity index (χ0v) is 41.9. The molecule has 0 unspecified atom stereocenters. The molecule has 1 aliphatic carbocycles. The van der Waals surface area contributed by atoms with Gasteiger partial charge in [-0.15, -0.1) is 0 Å². The first-order valence-electron chi connectivity index (χ1n) is 25.1. The first-order chi connectivity index (χ1) is 35.9. The summed E-state index contributed by atoms with van der Waals surface area (Å²) < 4.78 is 0. The van der Waals surface area contributed by atoms with Gasteiger partial charge in [-0.05, 0) is 167 Å². The summed E-state index contributed by atoms with van der Waals surface area (Å²) in [5, 5.41) is 7.54. The molecule has 3 aliphatic rings. The van der Waals surface area contributed by atoms with Crippen molar-refractivity contribution in [2.24, 2.45) is 0 Å². The summed E-state index contributed by atoms with van der Waals surface area (Å²) in [5.74, 6) is 0. The molecule has 0 saturated heterocycles. The van der Waals surface area contributed by atoms with Gasteiger partial charge in [-0.2, -0.15) is 0 Å². The molecule has 0 saturated carbocycles. The number of hydrogen-bond donors (Lipinski definition) is 0. The highest BCUT2D eigenvalue weighted by atomic mass is 32.2. The molecule has 0 spiro atoms. The summed E-state index contributed by atoms with van der Waals surface area (Å²) in [6.45, 7) is 4.75. The second-order valence-electron chi connectivity index (χ2n) is 20.1. The number of hydrogen-bond acceptors (Lipinski definition) is 4. The predicted octanol–water partition coefficient (Wildman–Crippen LogP) is 20.3. The first-order valence-corrected chi connectivity index (χ1v) is 26.8. The summed E-state index contributed by atoms with van der Waals surface area (Å²) in [7, 11) is 0. The van der Waals surface area contributed by atoms with E-state index in [-0.39, 0.29) is 5.41 Å². The molecule has 0 bridgehead atoms. The van der Waals surface area contributed by atoms with Crippen LogP contribution in [0, 0.1) is 0 Å². The first kappa shape index (κ1) is 42.4. The molecular formula is C69H46N2S2. The zero-order valence-electron chi connectivity index (χ0n) is 40.3. The minimum absolute atomic E-state index is 0.114. The number of fused-ring (bicyclic) bond motifs is 11. The zero-order chi connectivity index (χ0) is 48.4. The van der Waals surface area contributed by atoms with Gasteiger partial charge in [0.25, 0.3) is 0 Å². The van der Waals surface area contributed by atoms with E-state index in [1.807, 2.05) is 23.5 Å². The minimum atomic E-state index is -0.114. The van der Waals surface area contributed by atoms with Crippen LogP contribution in [-0.4, -0.2) is 0 Å². The normalized spacial score (nSPS) is 13.8. The Balaban J connectivity index is 0.822. The summed E-state index contributed by atoms with van der Waals surface area (Å²) in [4.78, 5) is 9.96. The van der Waals surface area contributed by atoms with Crippen LogP contribution in [0.15, 0.2) is 262 Å². The molecule has 0 N–H and O–H groups in total. The third kappa shape index (κ3) is 6.74. The second-order valence-corrected chi connectivity index (χ2v) is 22.3. The Kier molecular flexibility index (Phi) is 9.51. The summed E-state index contributed by atoms with van der Waals surface area (Å²) >= 11 is 3.74. The maximum absolute atomic E-state index is 2.52. The van der Waals surface area contributed by atoms with Gasteiger partial charge < -0.3 is 9.80 Å². The smallest absolute Gasteiger partial charge is 0.0608 e. The van der Waals surface area contributed by atoms with Crippen molar-refractivity contribution in [1.82, 2.24) is 0 Å². The van der Waals surface area contributed by atoms with E-state index in [9.17, 15) is 0 Å². The fraction of sp³-hybridized carbons (Fsp3) is 0.0435. The Bertz CT molecular complexity index is 4270. The molecule has 12 aromatic rings. The molecule has 2 nitrogen and oxygen atoms in total. The minimum Gasteiger partial charge on any atom is -0.308 e. The van der Waals surface area contributed by atoms with E-state index in [1.165, 1.54) is 136 Å². The lowest BCUT2D eigenvalue weighted by molar-refractivity contribution is 0.660. The van der Waals surface area contributed by atoms with Crippen molar-refractivity contribution in [3.63, 3.8) is 0 Å². The molecule has 0 amide bonds. The fourth-order valence-corrected chi connectivity index (χ4v) is 14.1. The fourth-order valence-electron chi connectivity index (χ4n) is 12.0. The predicted molar refractivity (Wildman–Crippen MR) is 310 cm³/mol. The van der Waals surface area contributed by atoms with E-state index < -0.39 is 0 Å². The van der Waals surface area contributed by atoms with Gasteiger partial charge in [0.05, 0.1) is 22.7 Å². The van der Waals surface area contributed by atoms with Gasteiger partial charge in [-0.1, -0.05) is 201 Å². The molecule has 344 valence electrons. The van der Waals surface area contributed by atoms with Gasteiger partial charge >= 0.3 is 0 Å². The molecular weight excluding hydrogens is 921 g/mol. The molecule has 0 fully saturated rings. The number of anilines is 6. The van der Waals surface area contributed by atoms with Crippen molar-refractivity contribution < 1.29 is 0 Å². The molecule has 2 aliphatic heterocycles. The van der Waals surface area contributed by atoms with Crippen LogP contribution in [-0.2, 0) is 5.41 Å². The topological polar surface area (TPSA) is 6.48 Å². The standard InChI is InChI=1S/C69H46N2S2/c1-69(2)59-23-9-8-20-56(59)57-33-31-52(42-60(57)69)71-63-39-49(30-35-66(63)73-68-40-47-17-7-6-16-46(47)38-64(68)71)50-29-34-62-67(41-50)72-65-25-11-10-24-61(65)70(62)51-19-12-18-45(36-51)48-27-26-44-28-32-55-53(43-14-4-3-5-15-43)21-13-22-54(55)58(44)37-48/h3-42H,1-2H3. The monoisotopic (exact) mass is 966 g/mol. The molecule has 4 heteroatoms. The van der Waals surface area contributed by atoms with Gasteiger partial charge in [-0.25, -0.2) is 0 Å². The highest BCUT2D eigenvalue weighted by molar-refractivity contribution is 8.00. The molecule has 0 atom stereocenters. The Morgan fingerprint density at radius 2 is 0.890 bits per heavy atom. The van der Waals surface area contributed by atoms with Gasteiger partial charge in [0.2, 0.25) is 0 Å². The highest BCUT2D eigenvalue weighted by Crippen LogP contribution is 2.57. The van der Waals surface area contributed by atoms with Crippen LogP contribution >= 0.6 is 23.5 Å². The van der Waals surface area contributed by atoms with Crippen LogP contribution in [0.4, 0.5) is 34.1 Å².